The standard InChI is InChI=1S/C18H27N3O4/c1-13(5-7-16-22-9-14(10-23-16)20-21-19)4-6-15-8-18(12-24-18)11-17(2,3)25-15/h4-6,14-16H,7-12H2,1-3H3/t14?,15-,16?,18-/m1/s1. The number of azide groups is 1. The van der Waals surface area contributed by atoms with Gasteiger partial charge in [0, 0.05) is 24.2 Å². The Bertz CT molecular complexity index is 577. The summed E-state index contributed by atoms with van der Waals surface area (Å²) in [6, 6.07) is -0.227. The van der Waals surface area contributed by atoms with Crippen LogP contribution in [0.15, 0.2) is 28.9 Å². The molecule has 0 aliphatic carbocycles. The summed E-state index contributed by atoms with van der Waals surface area (Å²) < 4.78 is 22.9. The van der Waals surface area contributed by atoms with E-state index in [1.807, 2.05) is 0 Å². The predicted molar refractivity (Wildman–Crippen MR) is 93.0 cm³/mol. The Morgan fingerprint density at radius 1 is 1.32 bits per heavy atom. The van der Waals surface area contributed by atoms with Gasteiger partial charge in [0.1, 0.15) is 0 Å². The molecule has 0 amide bonds. The summed E-state index contributed by atoms with van der Waals surface area (Å²) in [7, 11) is 0. The Labute approximate surface area is 148 Å². The molecule has 0 aromatic heterocycles. The topological polar surface area (TPSA) is 89.0 Å². The number of nitrogens with zero attached hydrogens (tertiary/aromatic N) is 3. The molecule has 0 aromatic carbocycles. The molecule has 0 bridgehead atoms. The smallest absolute Gasteiger partial charge is 0.161 e. The second kappa shape index (κ2) is 7.48. The molecule has 1 spiro atoms. The first-order chi connectivity index (χ1) is 11.9. The average molecular weight is 349 g/mol. The zero-order chi connectivity index (χ0) is 17.9. The summed E-state index contributed by atoms with van der Waals surface area (Å²) in [4.78, 5) is 2.78. The van der Waals surface area contributed by atoms with Gasteiger partial charge in [0.05, 0.1) is 43.2 Å². The molecule has 0 N–H and O–H groups in total. The highest BCUT2D eigenvalue weighted by molar-refractivity contribution is 5.19. The molecule has 7 nitrogen and oxygen atoms in total. The van der Waals surface area contributed by atoms with E-state index in [1.165, 1.54) is 0 Å². The molecule has 2 atom stereocenters. The third-order valence-electron chi connectivity index (χ3n) is 4.71. The molecule has 25 heavy (non-hydrogen) atoms. The quantitative estimate of drug-likeness (QED) is 0.249. The molecule has 3 fully saturated rings. The molecule has 138 valence electrons. The van der Waals surface area contributed by atoms with E-state index in [4.69, 9.17) is 24.5 Å². The van der Waals surface area contributed by atoms with Crippen LogP contribution < -0.4 is 0 Å². The van der Waals surface area contributed by atoms with Crippen molar-refractivity contribution in [2.45, 2.75) is 69.7 Å². The number of allylic oxidation sites excluding steroid dienone is 2. The third-order valence-corrected chi connectivity index (χ3v) is 4.71. The number of rotatable bonds is 5. The van der Waals surface area contributed by atoms with Crippen LogP contribution in [0.4, 0.5) is 0 Å². The lowest BCUT2D eigenvalue weighted by atomic mass is 9.85. The van der Waals surface area contributed by atoms with Gasteiger partial charge in [0.2, 0.25) is 0 Å². The van der Waals surface area contributed by atoms with Gasteiger partial charge in [-0.05, 0) is 26.3 Å². The van der Waals surface area contributed by atoms with E-state index in [1.54, 1.807) is 0 Å². The van der Waals surface area contributed by atoms with Crippen molar-refractivity contribution in [2.24, 2.45) is 5.11 Å². The molecule has 0 unspecified atom stereocenters. The second-order valence-corrected chi connectivity index (χ2v) is 7.77. The molecule has 3 saturated heterocycles. The minimum atomic E-state index is -0.276. The highest BCUT2D eigenvalue weighted by atomic mass is 16.7. The highest BCUT2D eigenvalue weighted by Crippen LogP contribution is 2.46. The SMILES string of the molecule is CC(C=C[C@@H]1C[C@]2(CO2)CC(C)(C)O1)=CCC1OCC(N=[N+]=[N-])CO1. The van der Waals surface area contributed by atoms with Crippen molar-refractivity contribution >= 4 is 0 Å². The van der Waals surface area contributed by atoms with Crippen LogP contribution in [0.1, 0.15) is 40.0 Å². The lowest BCUT2D eigenvalue weighted by Gasteiger charge is -2.38. The van der Waals surface area contributed by atoms with E-state index in [9.17, 15) is 0 Å². The largest absolute Gasteiger partial charge is 0.369 e. The molecule has 3 rings (SSSR count). The summed E-state index contributed by atoms with van der Waals surface area (Å²) in [6.07, 6.45) is 8.67. The molecule has 7 heteroatoms. The Morgan fingerprint density at radius 3 is 2.68 bits per heavy atom. The number of hydrogen-bond acceptors (Lipinski definition) is 5. The fourth-order valence-electron chi connectivity index (χ4n) is 3.56. The first-order valence-corrected chi connectivity index (χ1v) is 8.84. The van der Waals surface area contributed by atoms with E-state index in [0.717, 1.165) is 25.0 Å². The van der Waals surface area contributed by atoms with Crippen LogP contribution in [-0.4, -0.2) is 49.5 Å². The summed E-state index contributed by atoms with van der Waals surface area (Å²) in [5.74, 6) is 0. The van der Waals surface area contributed by atoms with Gasteiger partial charge >= 0.3 is 0 Å². The third kappa shape index (κ3) is 5.30. The maximum absolute atomic E-state index is 8.41. The summed E-state index contributed by atoms with van der Waals surface area (Å²) >= 11 is 0. The fourth-order valence-corrected chi connectivity index (χ4v) is 3.56. The van der Waals surface area contributed by atoms with E-state index < -0.39 is 0 Å². The van der Waals surface area contributed by atoms with Gasteiger partial charge < -0.3 is 18.9 Å². The fraction of sp³-hybridized carbons (Fsp3) is 0.778. The van der Waals surface area contributed by atoms with Crippen molar-refractivity contribution in [3.05, 3.63) is 34.2 Å². The van der Waals surface area contributed by atoms with Gasteiger partial charge in [-0.2, -0.15) is 0 Å². The van der Waals surface area contributed by atoms with Gasteiger partial charge in [-0.15, -0.1) is 0 Å². The summed E-state index contributed by atoms with van der Waals surface area (Å²) in [5, 5.41) is 3.60. The van der Waals surface area contributed by atoms with Crippen molar-refractivity contribution in [1.82, 2.24) is 0 Å². The monoisotopic (exact) mass is 349 g/mol. The predicted octanol–water partition coefficient (Wildman–Crippen LogP) is 3.66. The maximum atomic E-state index is 8.41. The van der Waals surface area contributed by atoms with Gasteiger partial charge in [-0.3, -0.25) is 0 Å². The van der Waals surface area contributed by atoms with E-state index >= 15 is 0 Å². The zero-order valence-electron chi connectivity index (χ0n) is 15.2. The van der Waals surface area contributed by atoms with E-state index in [2.05, 4.69) is 49.0 Å². The molecular weight excluding hydrogens is 322 g/mol. The average Bonchev–Trinajstić information content (AvgIpc) is 3.29. The van der Waals surface area contributed by atoms with Crippen molar-refractivity contribution in [3.63, 3.8) is 0 Å². The summed E-state index contributed by atoms with van der Waals surface area (Å²) in [5.41, 5.74) is 9.45. The maximum Gasteiger partial charge on any atom is 0.161 e. The molecule has 3 heterocycles. The Hall–Kier alpha value is -1.37. The van der Waals surface area contributed by atoms with Gasteiger partial charge in [-0.25, -0.2) is 0 Å². The minimum Gasteiger partial charge on any atom is -0.369 e. The van der Waals surface area contributed by atoms with Crippen LogP contribution in [0.2, 0.25) is 0 Å². The van der Waals surface area contributed by atoms with Crippen LogP contribution in [0.5, 0.6) is 0 Å². The zero-order valence-corrected chi connectivity index (χ0v) is 15.2. The molecular formula is C18H27N3O4. The van der Waals surface area contributed by atoms with E-state index in [-0.39, 0.29) is 29.6 Å². The van der Waals surface area contributed by atoms with Crippen molar-refractivity contribution in [1.29, 1.82) is 0 Å². The lowest BCUT2D eigenvalue weighted by Crippen LogP contribution is -2.43. The van der Waals surface area contributed by atoms with Crippen LogP contribution in [0.25, 0.3) is 10.4 Å². The summed E-state index contributed by atoms with van der Waals surface area (Å²) in [6.45, 7) is 7.97. The van der Waals surface area contributed by atoms with Crippen LogP contribution >= 0.6 is 0 Å². The normalized spacial score (nSPS) is 37.9. The Kier molecular flexibility index (Phi) is 5.51. The molecule has 0 saturated carbocycles. The number of hydrogen-bond donors (Lipinski definition) is 0. The van der Waals surface area contributed by atoms with Gasteiger partial charge in [0.25, 0.3) is 0 Å². The number of ether oxygens (including phenoxy) is 4. The first-order valence-electron chi connectivity index (χ1n) is 8.84. The number of epoxide rings is 1. The Balaban J connectivity index is 1.47. The van der Waals surface area contributed by atoms with Crippen LogP contribution in [0.3, 0.4) is 0 Å². The van der Waals surface area contributed by atoms with Gasteiger partial charge in [-0.1, -0.05) is 28.9 Å². The first kappa shape index (κ1) is 18.4. The molecule has 0 aromatic rings. The van der Waals surface area contributed by atoms with Crippen molar-refractivity contribution < 1.29 is 18.9 Å². The van der Waals surface area contributed by atoms with Gasteiger partial charge in [0.15, 0.2) is 6.29 Å². The minimum absolute atomic E-state index is 0.0423. The molecule has 3 aliphatic heterocycles. The van der Waals surface area contributed by atoms with Crippen LogP contribution in [-0.2, 0) is 18.9 Å². The van der Waals surface area contributed by atoms with Crippen molar-refractivity contribution in [3.8, 4) is 0 Å². The lowest BCUT2D eigenvalue weighted by molar-refractivity contribution is -0.182. The Morgan fingerprint density at radius 2 is 2.04 bits per heavy atom. The van der Waals surface area contributed by atoms with E-state index in [0.29, 0.717) is 19.6 Å². The molecule has 3 aliphatic rings. The second-order valence-electron chi connectivity index (χ2n) is 7.77. The van der Waals surface area contributed by atoms with Crippen LogP contribution in [0, 0.1) is 0 Å². The highest BCUT2D eigenvalue weighted by Gasteiger charge is 2.53. The molecule has 0 radical (unpaired) electrons. The van der Waals surface area contributed by atoms with Crippen molar-refractivity contribution in [2.75, 3.05) is 19.8 Å².